The molecule has 1 unspecified atom stereocenters. The lowest BCUT2D eigenvalue weighted by Crippen LogP contribution is -2.29. The van der Waals surface area contributed by atoms with Crippen LogP contribution in [-0.2, 0) is 0 Å². The van der Waals surface area contributed by atoms with Crippen molar-refractivity contribution in [2.75, 3.05) is 43.4 Å². The maximum atomic E-state index is 4.68. The normalized spacial score (nSPS) is 25.1. The second-order valence-electron chi connectivity index (χ2n) is 6.42. The van der Waals surface area contributed by atoms with E-state index in [2.05, 4.69) is 44.8 Å². The zero-order valence-electron chi connectivity index (χ0n) is 12.5. The highest BCUT2D eigenvalue weighted by molar-refractivity contribution is 5.94. The Morgan fingerprint density at radius 3 is 3.05 bits per heavy atom. The van der Waals surface area contributed by atoms with Gasteiger partial charge in [0.1, 0.15) is 5.82 Å². The monoisotopic (exact) mass is 282 g/mol. The van der Waals surface area contributed by atoms with E-state index in [9.17, 15) is 0 Å². The van der Waals surface area contributed by atoms with E-state index >= 15 is 0 Å². The Labute approximate surface area is 125 Å². The van der Waals surface area contributed by atoms with Crippen LogP contribution in [0.3, 0.4) is 0 Å². The Morgan fingerprint density at radius 1 is 1.29 bits per heavy atom. The number of hydrogen-bond donors (Lipinski definition) is 2. The molecule has 0 bridgehead atoms. The van der Waals surface area contributed by atoms with Crippen LogP contribution in [0.5, 0.6) is 0 Å². The lowest BCUT2D eigenvalue weighted by molar-refractivity contribution is 0.369. The minimum Gasteiger partial charge on any atom is -0.388 e. The predicted molar refractivity (Wildman–Crippen MR) is 88.0 cm³/mol. The van der Waals surface area contributed by atoms with Gasteiger partial charge in [-0.1, -0.05) is 0 Å². The topological polar surface area (TPSA) is 40.2 Å². The van der Waals surface area contributed by atoms with Crippen LogP contribution in [0.25, 0.3) is 10.8 Å². The van der Waals surface area contributed by atoms with E-state index in [-0.39, 0.29) is 0 Å². The Kier molecular flexibility index (Phi) is 3.00. The highest BCUT2D eigenvalue weighted by Crippen LogP contribution is 2.39. The van der Waals surface area contributed by atoms with Crippen molar-refractivity contribution in [3.63, 3.8) is 0 Å². The van der Waals surface area contributed by atoms with Gasteiger partial charge in [0.25, 0.3) is 0 Å². The molecule has 0 aliphatic carbocycles. The lowest BCUT2D eigenvalue weighted by atomic mass is 9.86. The van der Waals surface area contributed by atoms with Crippen LogP contribution in [0.1, 0.15) is 12.8 Å². The standard InChI is InChI=1S/C17H22N4/c1-18-14-2-3-15-13(10-14)4-7-20-16(15)21-9-6-17(12-21)5-8-19-11-17/h2-4,7,10,18-19H,5-6,8-9,11-12H2,1H3. The summed E-state index contributed by atoms with van der Waals surface area (Å²) in [6, 6.07) is 8.63. The summed E-state index contributed by atoms with van der Waals surface area (Å²) in [6.45, 7) is 4.60. The van der Waals surface area contributed by atoms with Crippen molar-refractivity contribution in [3.8, 4) is 0 Å². The van der Waals surface area contributed by atoms with Crippen molar-refractivity contribution >= 4 is 22.3 Å². The molecule has 1 aromatic heterocycles. The fourth-order valence-electron chi connectivity index (χ4n) is 3.83. The zero-order chi connectivity index (χ0) is 14.3. The number of rotatable bonds is 2. The molecule has 2 aliphatic rings. The molecule has 0 saturated carbocycles. The van der Waals surface area contributed by atoms with E-state index in [1.807, 2.05) is 13.2 Å². The van der Waals surface area contributed by atoms with Crippen molar-refractivity contribution in [1.82, 2.24) is 10.3 Å². The number of hydrogen-bond acceptors (Lipinski definition) is 4. The van der Waals surface area contributed by atoms with E-state index < -0.39 is 0 Å². The second kappa shape index (κ2) is 4.88. The summed E-state index contributed by atoms with van der Waals surface area (Å²) in [5, 5.41) is 9.25. The number of fused-ring (bicyclic) bond motifs is 1. The SMILES string of the molecule is CNc1ccc2c(N3CCC4(CCNC4)C3)nccc2c1. The first-order valence-electron chi connectivity index (χ1n) is 7.82. The first-order valence-corrected chi connectivity index (χ1v) is 7.82. The number of anilines is 2. The average molecular weight is 282 g/mol. The Morgan fingerprint density at radius 2 is 2.24 bits per heavy atom. The highest BCUT2D eigenvalue weighted by Gasteiger charge is 2.40. The van der Waals surface area contributed by atoms with Crippen LogP contribution in [0.15, 0.2) is 30.5 Å². The number of nitrogens with zero attached hydrogens (tertiary/aromatic N) is 2. The van der Waals surface area contributed by atoms with Crippen molar-refractivity contribution in [2.45, 2.75) is 12.8 Å². The molecule has 110 valence electrons. The van der Waals surface area contributed by atoms with Gasteiger partial charge in [0.15, 0.2) is 0 Å². The number of pyridine rings is 1. The van der Waals surface area contributed by atoms with Gasteiger partial charge >= 0.3 is 0 Å². The van der Waals surface area contributed by atoms with Crippen molar-refractivity contribution in [3.05, 3.63) is 30.5 Å². The number of nitrogens with one attached hydrogen (secondary N) is 2. The molecule has 1 aromatic carbocycles. The van der Waals surface area contributed by atoms with Gasteiger partial charge in [-0.05, 0) is 49.0 Å². The van der Waals surface area contributed by atoms with E-state index in [0.29, 0.717) is 5.41 Å². The van der Waals surface area contributed by atoms with Gasteiger partial charge in [0, 0.05) is 49.4 Å². The maximum absolute atomic E-state index is 4.68. The minimum atomic E-state index is 0.481. The summed E-state index contributed by atoms with van der Waals surface area (Å²) >= 11 is 0. The summed E-state index contributed by atoms with van der Waals surface area (Å²) in [5.74, 6) is 1.15. The molecule has 4 heteroatoms. The summed E-state index contributed by atoms with van der Waals surface area (Å²) in [7, 11) is 1.96. The van der Waals surface area contributed by atoms with Gasteiger partial charge in [0.05, 0.1) is 0 Å². The Balaban J connectivity index is 1.70. The third kappa shape index (κ3) is 2.14. The fraction of sp³-hybridized carbons (Fsp3) is 0.471. The molecule has 1 atom stereocenters. The molecule has 0 amide bonds. The largest absolute Gasteiger partial charge is 0.388 e. The molecule has 3 heterocycles. The van der Waals surface area contributed by atoms with Crippen LogP contribution in [0.4, 0.5) is 11.5 Å². The van der Waals surface area contributed by atoms with Gasteiger partial charge < -0.3 is 15.5 Å². The number of aromatic nitrogens is 1. The van der Waals surface area contributed by atoms with Crippen molar-refractivity contribution in [2.24, 2.45) is 5.41 Å². The summed E-state index contributed by atoms with van der Waals surface area (Å²) in [5.41, 5.74) is 1.63. The van der Waals surface area contributed by atoms with Crippen LogP contribution >= 0.6 is 0 Å². The molecule has 1 spiro atoms. The van der Waals surface area contributed by atoms with Gasteiger partial charge in [-0.25, -0.2) is 4.98 Å². The van der Waals surface area contributed by atoms with Gasteiger partial charge in [0.2, 0.25) is 0 Å². The second-order valence-corrected chi connectivity index (χ2v) is 6.42. The first kappa shape index (κ1) is 12.9. The lowest BCUT2D eigenvalue weighted by Gasteiger charge is -2.24. The summed E-state index contributed by atoms with van der Waals surface area (Å²) in [4.78, 5) is 7.16. The van der Waals surface area contributed by atoms with E-state index in [1.54, 1.807) is 0 Å². The fourth-order valence-corrected chi connectivity index (χ4v) is 3.83. The highest BCUT2D eigenvalue weighted by atomic mass is 15.2. The molecule has 2 aliphatic heterocycles. The molecule has 0 radical (unpaired) electrons. The van der Waals surface area contributed by atoms with E-state index in [4.69, 9.17) is 0 Å². The zero-order valence-corrected chi connectivity index (χ0v) is 12.5. The molecular formula is C17H22N4. The van der Waals surface area contributed by atoms with E-state index in [0.717, 1.165) is 31.1 Å². The Hall–Kier alpha value is -1.81. The van der Waals surface area contributed by atoms with Crippen molar-refractivity contribution < 1.29 is 0 Å². The molecule has 2 fully saturated rings. The smallest absolute Gasteiger partial charge is 0.136 e. The number of benzene rings is 1. The third-order valence-corrected chi connectivity index (χ3v) is 5.10. The van der Waals surface area contributed by atoms with Crippen LogP contribution in [0.2, 0.25) is 0 Å². The van der Waals surface area contributed by atoms with E-state index in [1.165, 1.54) is 30.2 Å². The minimum absolute atomic E-state index is 0.481. The molecule has 4 nitrogen and oxygen atoms in total. The predicted octanol–water partition coefficient (Wildman–Crippen LogP) is 2.47. The van der Waals surface area contributed by atoms with Crippen molar-refractivity contribution in [1.29, 1.82) is 0 Å². The molecular weight excluding hydrogens is 260 g/mol. The molecule has 2 N–H and O–H groups in total. The summed E-state index contributed by atoms with van der Waals surface area (Å²) in [6.07, 6.45) is 4.53. The summed E-state index contributed by atoms with van der Waals surface area (Å²) < 4.78 is 0. The third-order valence-electron chi connectivity index (χ3n) is 5.10. The van der Waals surface area contributed by atoms with Gasteiger partial charge in [-0.15, -0.1) is 0 Å². The van der Waals surface area contributed by atoms with Gasteiger partial charge in [-0.2, -0.15) is 0 Å². The van der Waals surface area contributed by atoms with Crippen LogP contribution in [0, 0.1) is 5.41 Å². The molecule has 21 heavy (non-hydrogen) atoms. The Bertz CT molecular complexity index is 661. The van der Waals surface area contributed by atoms with Crippen LogP contribution < -0.4 is 15.5 Å². The maximum Gasteiger partial charge on any atom is 0.136 e. The molecule has 2 saturated heterocycles. The average Bonchev–Trinajstić information content (AvgIpc) is 3.16. The van der Waals surface area contributed by atoms with Crippen LogP contribution in [-0.4, -0.2) is 38.2 Å². The molecule has 4 rings (SSSR count). The first-order chi connectivity index (χ1) is 10.3. The molecule has 2 aromatic rings. The quantitative estimate of drug-likeness (QED) is 0.888. The van der Waals surface area contributed by atoms with Gasteiger partial charge in [-0.3, -0.25) is 0 Å².